The van der Waals surface area contributed by atoms with Crippen LogP contribution in [0.2, 0.25) is 0 Å². The molecule has 0 aliphatic carbocycles. The lowest BCUT2D eigenvalue weighted by molar-refractivity contribution is 0.0483. The predicted octanol–water partition coefficient (Wildman–Crippen LogP) is 5.19. The van der Waals surface area contributed by atoms with Crippen molar-refractivity contribution in [2.45, 2.75) is 84.7 Å². The van der Waals surface area contributed by atoms with Crippen LogP contribution in [0.4, 0.5) is 0 Å². The van der Waals surface area contributed by atoms with E-state index in [1.165, 1.54) is 57.8 Å². The van der Waals surface area contributed by atoms with Crippen LogP contribution >= 0.6 is 0 Å². The maximum atomic E-state index is 5.55. The molecular weight excluding hydrogens is 196 g/mol. The number of hydrogen-bond acceptors (Lipinski definition) is 1. The molecule has 2 atom stereocenters. The molecular formula is C15H32O. The average molecular weight is 228 g/mol. The van der Waals surface area contributed by atoms with Gasteiger partial charge in [0.05, 0.1) is 6.10 Å². The van der Waals surface area contributed by atoms with Gasteiger partial charge in [-0.15, -0.1) is 0 Å². The van der Waals surface area contributed by atoms with Gasteiger partial charge in [-0.05, 0) is 12.3 Å². The Balaban J connectivity index is 3.34. The first-order valence-corrected chi connectivity index (χ1v) is 7.29. The van der Waals surface area contributed by atoms with E-state index in [-0.39, 0.29) is 0 Å². The molecule has 1 heteroatoms. The maximum Gasteiger partial charge on any atom is 0.0596 e. The Hall–Kier alpha value is -0.0400. The number of hydrogen-bond donors (Lipinski definition) is 0. The highest BCUT2D eigenvalue weighted by Crippen LogP contribution is 2.18. The van der Waals surface area contributed by atoms with Crippen molar-refractivity contribution in [3.63, 3.8) is 0 Å². The Morgan fingerprint density at radius 2 is 1.44 bits per heavy atom. The highest BCUT2D eigenvalue weighted by atomic mass is 16.5. The molecule has 0 amide bonds. The maximum absolute atomic E-state index is 5.55. The Bertz CT molecular complexity index is 133. The van der Waals surface area contributed by atoms with Crippen LogP contribution in [0, 0.1) is 5.92 Å². The van der Waals surface area contributed by atoms with Crippen LogP contribution in [0.1, 0.15) is 78.6 Å². The van der Waals surface area contributed by atoms with Gasteiger partial charge in [0.15, 0.2) is 0 Å². The van der Waals surface area contributed by atoms with Crippen LogP contribution in [0.25, 0.3) is 0 Å². The van der Waals surface area contributed by atoms with Crippen LogP contribution in [0.15, 0.2) is 0 Å². The molecule has 16 heavy (non-hydrogen) atoms. The molecule has 0 aliphatic heterocycles. The fourth-order valence-electron chi connectivity index (χ4n) is 2.20. The van der Waals surface area contributed by atoms with E-state index in [0.29, 0.717) is 12.0 Å². The van der Waals surface area contributed by atoms with E-state index in [1.54, 1.807) is 0 Å². The summed E-state index contributed by atoms with van der Waals surface area (Å²) in [6, 6.07) is 0. The van der Waals surface area contributed by atoms with Crippen molar-refractivity contribution in [1.29, 1.82) is 0 Å². The lowest BCUT2D eigenvalue weighted by atomic mass is 9.96. The van der Waals surface area contributed by atoms with E-state index < -0.39 is 0 Å². The van der Waals surface area contributed by atoms with Crippen LogP contribution in [0.5, 0.6) is 0 Å². The van der Waals surface area contributed by atoms with E-state index in [1.807, 2.05) is 7.11 Å². The van der Waals surface area contributed by atoms with Gasteiger partial charge in [-0.3, -0.25) is 0 Å². The second kappa shape index (κ2) is 11.4. The highest BCUT2D eigenvalue weighted by Gasteiger charge is 2.13. The smallest absolute Gasteiger partial charge is 0.0596 e. The normalized spacial score (nSPS) is 15.0. The summed E-state index contributed by atoms with van der Waals surface area (Å²) in [5.41, 5.74) is 0. The van der Waals surface area contributed by atoms with Gasteiger partial charge < -0.3 is 4.74 Å². The average Bonchev–Trinajstić information content (AvgIpc) is 2.32. The topological polar surface area (TPSA) is 9.23 Å². The molecule has 0 aliphatic rings. The zero-order valence-corrected chi connectivity index (χ0v) is 11.9. The Morgan fingerprint density at radius 3 is 1.94 bits per heavy atom. The molecule has 98 valence electrons. The Morgan fingerprint density at radius 1 is 0.875 bits per heavy atom. The first kappa shape index (κ1) is 16.0. The molecule has 0 saturated carbocycles. The van der Waals surface area contributed by atoms with Crippen molar-refractivity contribution in [2.75, 3.05) is 7.11 Å². The Labute approximate surface area is 103 Å². The summed E-state index contributed by atoms with van der Waals surface area (Å²) in [5.74, 6) is 0.713. The summed E-state index contributed by atoms with van der Waals surface area (Å²) >= 11 is 0. The van der Waals surface area contributed by atoms with Gasteiger partial charge in [0.2, 0.25) is 0 Å². The van der Waals surface area contributed by atoms with Gasteiger partial charge >= 0.3 is 0 Å². The van der Waals surface area contributed by atoms with Crippen molar-refractivity contribution >= 4 is 0 Å². The summed E-state index contributed by atoms with van der Waals surface area (Å²) < 4.78 is 5.55. The van der Waals surface area contributed by atoms with Crippen molar-refractivity contribution in [3.8, 4) is 0 Å². The number of ether oxygens (including phenoxy) is 1. The molecule has 0 fully saturated rings. The molecule has 0 N–H and O–H groups in total. The molecule has 2 unspecified atom stereocenters. The highest BCUT2D eigenvalue weighted by molar-refractivity contribution is 4.64. The minimum absolute atomic E-state index is 0.487. The zero-order chi connectivity index (χ0) is 12.2. The minimum atomic E-state index is 0.487. The third kappa shape index (κ3) is 8.15. The lowest BCUT2D eigenvalue weighted by Gasteiger charge is -2.21. The van der Waals surface area contributed by atoms with Gasteiger partial charge in [-0.25, -0.2) is 0 Å². The predicted molar refractivity (Wildman–Crippen MR) is 72.9 cm³/mol. The van der Waals surface area contributed by atoms with Crippen LogP contribution < -0.4 is 0 Å². The summed E-state index contributed by atoms with van der Waals surface area (Å²) in [6.45, 7) is 6.83. The van der Waals surface area contributed by atoms with Crippen molar-refractivity contribution < 1.29 is 4.74 Å². The van der Waals surface area contributed by atoms with Gasteiger partial charge in [0.1, 0.15) is 0 Å². The van der Waals surface area contributed by atoms with Crippen LogP contribution in [0.3, 0.4) is 0 Å². The Kier molecular flexibility index (Phi) is 11.4. The fourth-order valence-corrected chi connectivity index (χ4v) is 2.20. The second-order valence-electron chi connectivity index (χ2n) is 5.07. The molecule has 0 saturated heterocycles. The molecule has 0 bridgehead atoms. The standard InChI is InChI=1S/C15H32O/c1-5-7-8-9-10-11-12-13-15(16-4)14(3)6-2/h14-15H,5-13H2,1-4H3. The summed E-state index contributed by atoms with van der Waals surface area (Å²) in [6.07, 6.45) is 12.7. The molecule has 0 aromatic rings. The molecule has 0 spiro atoms. The third-order valence-electron chi connectivity index (χ3n) is 3.67. The fraction of sp³-hybridized carbons (Fsp3) is 1.00. The quantitative estimate of drug-likeness (QED) is 0.442. The summed E-state index contributed by atoms with van der Waals surface area (Å²) in [5, 5.41) is 0. The zero-order valence-electron chi connectivity index (χ0n) is 11.9. The number of rotatable bonds is 11. The summed E-state index contributed by atoms with van der Waals surface area (Å²) in [4.78, 5) is 0. The molecule has 1 nitrogen and oxygen atoms in total. The number of methoxy groups -OCH3 is 1. The first-order valence-electron chi connectivity index (χ1n) is 7.29. The molecule has 0 heterocycles. The van der Waals surface area contributed by atoms with E-state index in [9.17, 15) is 0 Å². The van der Waals surface area contributed by atoms with Crippen molar-refractivity contribution in [2.24, 2.45) is 5.92 Å². The monoisotopic (exact) mass is 228 g/mol. The molecule has 0 aromatic heterocycles. The molecule has 0 rings (SSSR count). The van der Waals surface area contributed by atoms with E-state index in [2.05, 4.69) is 20.8 Å². The van der Waals surface area contributed by atoms with Gasteiger partial charge in [-0.2, -0.15) is 0 Å². The van der Waals surface area contributed by atoms with Crippen LogP contribution in [-0.2, 0) is 4.74 Å². The van der Waals surface area contributed by atoms with E-state index >= 15 is 0 Å². The third-order valence-corrected chi connectivity index (χ3v) is 3.67. The molecule has 0 aromatic carbocycles. The van der Waals surface area contributed by atoms with Gasteiger partial charge in [-0.1, -0.05) is 72.1 Å². The first-order chi connectivity index (χ1) is 7.76. The van der Waals surface area contributed by atoms with E-state index in [0.717, 1.165) is 0 Å². The van der Waals surface area contributed by atoms with Crippen molar-refractivity contribution in [3.05, 3.63) is 0 Å². The second-order valence-corrected chi connectivity index (χ2v) is 5.07. The number of unbranched alkanes of at least 4 members (excludes halogenated alkanes) is 6. The van der Waals surface area contributed by atoms with Gasteiger partial charge in [0.25, 0.3) is 0 Å². The van der Waals surface area contributed by atoms with E-state index in [4.69, 9.17) is 4.74 Å². The van der Waals surface area contributed by atoms with Crippen molar-refractivity contribution in [1.82, 2.24) is 0 Å². The SMILES string of the molecule is CCCCCCCCCC(OC)C(C)CC. The molecule has 0 radical (unpaired) electrons. The van der Waals surface area contributed by atoms with Crippen LogP contribution in [-0.4, -0.2) is 13.2 Å². The lowest BCUT2D eigenvalue weighted by Crippen LogP contribution is -2.19. The largest absolute Gasteiger partial charge is 0.381 e. The summed E-state index contributed by atoms with van der Waals surface area (Å²) in [7, 11) is 1.86. The van der Waals surface area contributed by atoms with Gasteiger partial charge in [0, 0.05) is 7.11 Å². The minimum Gasteiger partial charge on any atom is -0.381 e.